The molecule has 1 aliphatic heterocycles. The second-order valence-electron chi connectivity index (χ2n) is 11.2. The number of halogens is 3. The van der Waals surface area contributed by atoms with Gasteiger partial charge in [0.05, 0.1) is 23.0 Å². The smallest absolute Gasteiger partial charge is 0.388 e. The van der Waals surface area contributed by atoms with E-state index in [-0.39, 0.29) is 5.92 Å². The number of aliphatic hydroxyl groups is 2. The molecule has 0 amide bonds. The molecule has 3 atom stereocenters. The molecule has 2 aliphatic carbocycles. The zero-order chi connectivity index (χ0) is 24.6. The molecule has 1 unspecified atom stereocenters. The van der Waals surface area contributed by atoms with Crippen molar-refractivity contribution in [2.75, 3.05) is 0 Å². The maximum Gasteiger partial charge on any atom is 0.416 e. The van der Waals surface area contributed by atoms with Crippen LogP contribution in [0.1, 0.15) is 123 Å². The first-order valence-corrected chi connectivity index (χ1v) is 12.1. The van der Waals surface area contributed by atoms with Gasteiger partial charge in [-0.25, -0.2) is 0 Å². The van der Waals surface area contributed by atoms with Crippen molar-refractivity contribution in [1.29, 1.82) is 0 Å². The van der Waals surface area contributed by atoms with Gasteiger partial charge in [-0.3, -0.25) is 4.98 Å². The summed E-state index contributed by atoms with van der Waals surface area (Å²) in [4.78, 5) is 4.93. The third kappa shape index (κ3) is 3.50. The topological polar surface area (TPSA) is 62.6 Å². The van der Waals surface area contributed by atoms with E-state index in [2.05, 4.69) is 0 Å². The van der Waals surface area contributed by atoms with Crippen LogP contribution in [0.3, 0.4) is 0 Å². The fourth-order valence-corrected chi connectivity index (χ4v) is 6.21. The van der Waals surface area contributed by atoms with Crippen LogP contribution in [0, 0.1) is 5.41 Å². The largest absolute Gasteiger partial charge is 0.416 e. The van der Waals surface area contributed by atoms with Gasteiger partial charge in [-0.05, 0) is 53.9 Å². The van der Waals surface area contributed by atoms with Crippen molar-refractivity contribution in [1.82, 2.24) is 4.98 Å². The Hall–Kier alpha value is -1.96. The van der Waals surface area contributed by atoms with Crippen molar-refractivity contribution >= 4 is 0 Å². The number of ether oxygens (including phenoxy) is 1. The van der Waals surface area contributed by atoms with E-state index in [4.69, 9.17) is 9.72 Å². The molecule has 2 N–H and O–H groups in total. The van der Waals surface area contributed by atoms with E-state index in [1.807, 2.05) is 27.7 Å². The lowest BCUT2D eigenvalue weighted by atomic mass is 9.69. The van der Waals surface area contributed by atoms with Crippen molar-refractivity contribution in [3.63, 3.8) is 0 Å². The Morgan fingerprint density at radius 2 is 1.65 bits per heavy atom. The van der Waals surface area contributed by atoms with E-state index in [0.717, 1.165) is 54.6 Å². The van der Waals surface area contributed by atoms with Gasteiger partial charge in [0.1, 0.15) is 12.2 Å². The SMILES string of the molecule is CC(C)c1nc2c(c3c1[C@@H](c1ccc(C(F)(F)F)cc1)OC31CCCC1)C(O)CC(C)(C)[C@H]2O. The molecule has 0 radical (unpaired) electrons. The van der Waals surface area contributed by atoms with E-state index in [0.29, 0.717) is 23.2 Å². The highest BCUT2D eigenvalue weighted by Crippen LogP contribution is 2.60. The third-order valence-electron chi connectivity index (χ3n) is 7.94. The van der Waals surface area contributed by atoms with Gasteiger partial charge in [0, 0.05) is 16.8 Å². The number of alkyl halides is 3. The molecule has 5 rings (SSSR count). The Kier molecular flexibility index (Phi) is 5.43. The summed E-state index contributed by atoms with van der Waals surface area (Å²) in [6.07, 6.45) is -2.69. The molecular weight excluding hydrogens is 443 g/mol. The highest BCUT2D eigenvalue weighted by atomic mass is 19.4. The molecule has 0 saturated heterocycles. The lowest BCUT2D eigenvalue weighted by Gasteiger charge is -2.41. The molecular formula is C27H32F3NO3. The Labute approximate surface area is 198 Å². The van der Waals surface area contributed by atoms with Crippen LogP contribution in [0.5, 0.6) is 0 Å². The minimum atomic E-state index is -4.41. The molecule has 1 aromatic carbocycles. The van der Waals surface area contributed by atoms with Gasteiger partial charge in [0.2, 0.25) is 0 Å². The van der Waals surface area contributed by atoms with E-state index >= 15 is 0 Å². The molecule has 1 fully saturated rings. The Bertz CT molecular complexity index is 1100. The predicted molar refractivity (Wildman–Crippen MR) is 121 cm³/mol. The van der Waals surface area contributed by atoms with E-state index < -0.39 is 41.1 Å². The Morgan fingerprint density at radius 3 is 2.21 bits per heavy atom. The molecule has 7 heteroatoms. The summed E-state index contributed by atoms with van der Waals surface area (Å²) in [6, 6.07) is 5.17. The molecule has 184 valence electrons. The second-order valence-corrected chi connectivity index (χ2v) is 11.2. The zero-order valence-corrected chi connectivity index (χ0v) is 20.0. The summed E-state index contributed by atoms with van der Waals surface area (Å²) in [5.74, 6) is 0.00512. The third-order valence-corrected chi connectivity index (χ3v) is 7.94. The van der Waals surface area contributed by atoms with Crippen molar-refractivity contribution < 1.29 is 28.1 Å². The minimum absolute atomic E-state index is 0.00512. The fourth-order valence-electron chi connectivity index (χ4n) is 6.21. The summed E-state index contributed by atoms with van der Waals surface area (Å²) >= 11 is 0. The van der Waals surface area contributed by atoms with Crippen LogP contribution >= 0.6 is 0 Å². The summed E-state index contributed by atoms with van der Waals surface area (Å²) in [7, 11) is 0. The van der Waals surface area contributed by atoms with Gasteiger partial charge in [0.15, 0.2) is 0 Å². The Balaban J connectivity index is 1.76. The van der Waals surface area contributed by atoms with Crippen molar-refractivity contribution in [2.45, 2.75) is 95.8 Å². The summed E-state index contributed by atoms with van der Waals surface area (Å²) < 4.78 is 46.3. The van der Waals surface area contributed by atoms with Crippen LogP contribution in [0.4, 0.5) is 13.2 Å². The quantitative estimate of drug-likeness (QED) is 0.513. The second kappa shape index (κ2) is 7.77. The lowest BCUT2D eigenvalue weighted by molar-refractivity contribution is -0.137. The summed E-state index contributed by atoms with van der Waals surface area (Å²) in [5, 5.41) is 22.5. The van der Waals surface area contributed by atoms with E-state index in [9.17, 15) is 23.4 Å². The molecule has 2 heterocycles. The van der Waals surface area contributed by atoms with Gasteiger partial charge < -0.3 is 14.9 Å². The lowest BCUT2D eigenvalue weighted by Crippen LogP contribution is -2.35. The first kappa shape index (κ1) is 23.8. The van der Waals surface area contributed by atoms with Gasteiger partial charge in [-0.1, -0.05) is 52.7 Å². The average Bonchev–Trinajstić information content (AvgIpc) is 3.36. The molecule has 1 spiro atoms. The molecule has 2 aromatic rings. The van der Waals surface area contributed by atoms with Gasteiger partial charge in [-0.2, -0.15) is 13.2 Å². The van der Waals surface area contributed by atoms with Crippen LogP contribution in [0.2, 0.25) is 0 Å². The van der Waals surface area contributed by atoms with Crippen LogP contribution < -0.4 is 0 Å². The van der Waals surface area contributed by atoms with Gasteiger partial charge in [-0.15, -0.1) is 0 Å². The monoisotopic (exact) mass is 475 g/mol. The highest BCUT2D eigenvalue weighted by Gasteiger charge is 2.54. The number of hydrogen-bond acceptors (Lipinski definition) is 4. The van der Waals surface area contributed by atoms with Gasteiger partial charge in [0.25, 0.3) is 0 Å². The number of aromatic nitrogens is 1. The maximum atomic E-state index is 13.2. The van der Waals surface area contributed by atoms with Crippen LogP contribution in [0.25, 0.3) is 0 Å². The van der Waals surface area contributed by atoms with Crippen LogP contribution in [0.15, 0.2) is 24.3 Å². The molecule has 3 aliphatic rings. The van der Waals surface area contributed by atoms with E-state index in [1.165, 1.54) is 12.1 Å². The number of benzene rings is 1. The first-order chi connectivity index (χ1) is 15.9. The maximum absolute atomic E-state index is 13.2. The average molecular weight is 476 g/mol. The number of rotatable bonds is 2. The predicted octanol–water partition coefficient (Wildman–Crippen LogP) is 6.61. The van der Waals surface area contributed by atoms with Crippen molar-refractivity contribution in [2.24, 2.45) is 5.41 Å². The van der Waals surface area contributed by atoms with Crippen molar-refractivity contribution in [3.8, 4) is 0 Å². The number of fused-ring (bicyclic) bond motifs is 4. The standard InChI is InChI=1S/C27H32F3NO3/c1-14(2)21-19-20(18-17(32)13-25(3,4)24(33)22(18)31-21)26(11-5-6-12-26)34-23(19)15-7-9-16(10-8-15)27(28,29)30/h7-10,14,17,23-24,32-33H,5-6,11-13H2,1-4H3/t17?,23-,24+/m1/s1. The van der Waals surface area contributed by atoms with Crippen LogP contribution in [-0.4, -0.2) is 15.2 Å². The number of aliphatic hydroxyl groups excluding tert-OH is 2. The minimum Gasteiger partial charge on any atom is -0.388 e. The summed E-state index contributed by atoms with van der Waals surface area (Å²) in [5.41, 5.74) is 2.56. The highest BCUT2D eigenvalue weighted by molar-refractivity contribution is 5.55. The molecule has 34 heavy (non-hydrogen) atoms. The van der Waals surface area contributed by atoms with Crippen molar-refractivity contribution in [3.05, 3.63) is 63.5 Å². The molecule has 1 saturated carbocycles. The first-order valence-electron chi connectivity index (χ1n) is 12.1. The number of nitrogens with zero attached hydrogens (tertiary/aromatic N) is 1. The van der Waals surface area contributed by atoms with Crippen LogP contribution in [-0.2, 0) is 16.5 Å². The van der Waals surface area contributed by atoms with E-state index in [1.54, 1.807) is 0 Å². The molecule has 1 aromatic heterocycles. The van der Waals surface area contributed by atoms with Gasteiger partial charge >= 0.3 is 6.18 Å². The number of pyridine rings is 1. The number of hydrogen-bond donors (Lipinski definition) is 2. The molecule has 4 nitrogen and oxygen atoms in total. The molecule has 0 bridgehead atoms. The fraction of sp³-hybridized carbons (Fsp3) is 0.593. The Morgan fingerprint density at radius 1 is 1.03 bits per heavy atom. The summed E-state index contributed by atoms with van der Waals surface area (Å²) in [6.45, 7) is 7.91. The normalized spacial score (nSPS) is 27.3. The zero-order valence-electron chi connectivity index (χ0n) is 20.0.